The van der Waals surface area contributed by atoms with Crippen LogP contribution in [0.4, 0.5) is 0 Å². The third kappa shape index (κ3) is 4.08. The predicted octanol–water partition coefficient (Wildman–Crippen LogP) is 3.02. The van der Waals surface area contributed by atoms with Gasteiger partial charge in [-0.3, -0.25) is 4.79 Å². The first kappa shape index (κ1) is 15.9. The van der Waals surface area contributed by atoms with E-state index in [0.717, 1.165) is 24.2 Å². The Morgan fingerprint density at radius 3 is 2.52 bits per heavy atom. The molecule has 1 saturated heterocycles. The molecule has 2 heterocycles. The molecule has 0 bridgehead atoms. The molecule has 4 nitrogen and oxygen atoms in total. The number of piperidine rings is 1. The zero-order valence-corrected chi connectivity index (χ0v) is 13.8. The zero-order chi connectivity index (χ0) is 16.1. The smallest absolute Gasteiger partial charge is 0.267 e. The van der Waals surface area contributed by atoms with Crippen LogP contribution in [0.5, 0.6) is 0 Å². The minimum Gasteiger partial charge on any atom is -0.303 e. The maximum absolute atomic E-state index is 12.3. The average molecular weight is 311 g/mol. The quantitative estimate of drug-likeness (QED) is 0.852. The molecule has 1 aliphatic heterocycles. The molecular formula is C19H25N3O. The molecule has 1 aliphatic rings. The van der Waals surface area contributed by atoms with Crippen LogP contribution in [0, 0.1) is 6.92 Å². The maximum atomic E-state index is 12.3. The molecule has 0 radical (unpaired) electrons. The van der Waals surface area contributed by atoms with Crippen LogP contribution < -0.4 is 5.56 Å². The first-order valence-corrected chi connectivity index (χ1v) is 8.58. The molecule has 3 rings (SSSR count). The van der Waals surface area contributed by atoms with Crippen molar-refractivity contribution in [3.63, 3.8) is 0 Å². The lowest BCUT2D eigenvalue weighted by Crippen LogP contribution is -2.34. The summed E-state index contributed by atoms with van der Waals surface area (Å²) in [7, 11) is 0. The number of likely N-dealkylation sites (tertiary alicyclic amines) is 1. The van der Waals surface area contributed by atoms with Gasteiger partial charge in [-0.2, -0.15) is 5.10 Å². The highest BCUT2D eigenvalue weighted by Gasteiger charge is 2.19. The number of aryl methyl sites for hydroxylation is 1. The summed E-state index contributed by atoms with van der Waals surface area (Å²) in [4.78, 5) is 14.8. The van der Waals surface area contributed by atoms with E-state index in [-0.39, 0.29) is 11.6 Å². The Balaban J connectivity index is 1.84. The second-order valence-corrected chi connectivity index (χ2v) is 6.37. The number of benzene rings is 1. The second kappa shape index (κ2) is 7.55. The Morgan fingerprint density at radius 1 is 1.04 bits per heavy atom. The van der Waals surface area contributed by atoms with Crippen molar-refractivity contribution in [2.75, 3.05) is 19.6 Å². The largest absolute Gasteiger partial charge is 0.303 e. The zero-order valence-electron chi connectivity index (χ0n) is 13.8. The Labute approximate surface area is 137 Å². The van der Waals surface area contributed by atoms with Gasteiger partial charge >= 0.3 is 0 Å². The van der Waals surface area contributed by atoms with Crippen LogP contribution in [0.1, 0.15) is 43.0 Å². The van der Waals surface area contributed by atoms with Crippen LogP contribution >= 0.6 is 0 Å². The normalized spacial score (nSPS) is 17.1. The highest BCUT2D eigenvalue weighted by Crippen LogP contribution is 2.21. The molecule has 0 saturated carbocycles. The third-order valence-corrected chi connectivity index (χ3v) is 4.61. The van der Waals surface area contributed by atoms with E-state index in [2.05, 4.69) is 22.1 Å². The second-order valence-electron chi connectivity index (χ2n) is 6.37. The minimum atomic E-state index is -0.0249. The van der Waals surface area contributed by atoms with Gasteiger partial charge < -0.3 is 4.90 Å². The molecular weight excluding hydrogens is 286 g/mol. The van der Waals surface area contributed by atoms with Crippen LogP contribution in [-0.2, 0) is 0 Å². The van der Waals surface area contributed by atoms with Crippen LogP contribution in [0.2, 0.25) is 0 Å². The van der Waals surface area contributed by atoms with Crippen LogP contribution in [0.15, 0.2) is 47.3 Å². The molecule has 1 aromatic carbocycles. The summed E-state index contributed by atoms with van der Waals surface area (Å²) in [6.45, 7) is 5.31. The van der Waals surface area contributed by atoms with Crippen LogP contribution in [-0.4, -0.2) is 34.3 Å². The summed E-state index contributed by atoms with van der Waals surface area (Å²) in [6, 6.07) is 13.7. The molecule has 0 unspecified atom stereocenters. The first-order chi connectivity index (χ1) is 11.2. The van der Waals surface area contributed by atoms with Crippen LogP contribution in [0.3, 0.4) is 0 Å². The highest BCUT2D eigenvalue weighted by atomic mass is 16.1. The van der Waals surface area contributed by atoms with Gasteiger partial charge in [-0.1, -0.05) is 36.8 Å². The van der Waals surface area contributed by atoms with Gasteiger partial charge in [-0.15, -0.1) is 0 Å². The molecule has 0 aliphatic carbocycles. The molecule has 1 atom stereocenters. The molecule has 0 N–H and O–H groups in total. The summed E-state index contributed by atoms with van der Waals surface area (Å²) in [5.41, 5.74) is 2.01. The minimum absolute atomic E-state index is 0.00512. The SMILES string of the molecule is Cc1ccc(=O)n([C@H](CCN2CCCCC2)c2ccccc2)n1. The topological polar surface area (TPSA) is 38.1 Å². The highest BCUT2D eigenvalue weighted by molar-refractivity contribution is 5.20. The van der Waals surface area contributed by atoms with E-state index < -0.39 is 0 Å². The molecule has 1 fully saturated rings. The Kier molecular flexibility index (Phi) is 5.23. The fourth-order valence-electron chi connectivity index (χ4n) is 3.34. The molecule has 23 heavy (non-hydrogen) atoms. The fourth-order valence-corrected chi connectivity index (χ4v) is 3.34. The van der Waals surface area contributed by atoms with Crippen molar-refractivity contribution in [2.45, 2.75) is 38.6 Å². The van der Waals surface area contributed by atoms with Gasteiger partial charge in [0, 0.05) is 12.6 Å². The van der Waals surface area contributed by atoms with Gasteiger partial charge in [-0.05, 0) is 50.9 Å². The third-order valence-electron chi connectivity index (χ3n) is 4.61. The van der Waals surface area contributed by atoms with Gasteiger partial charge in [0.25, 0.3) is 5.56 Å². The number of rotatable bonds is 5. The van der Waals surface area contributed by atoms with Crippen molar-refractivity contribution in [2.24, 2.45) is 0 Å². The predicted molar refractivity (Wildman–Crippen MR) is 92.7 cm³/mol. The van der Waals surface area contributed by atoms with Crippen molar-refractivity contribution >= 4 is 0 Å². The van der Waals surface area contributed by atoms with E-state index in [0.29, 0.717) is 0 Å². The lowest BCUT2D eigenvalue weighted by atomic mass is 10.0. The summed E-state index contributed by atoms with van der Waals surface area (Å²) >= 11 is 0. The average Bonchev–Trinajstić information content (AvgIpc) is 2.60. The first-order valence-electron chi connectivity index (χ1n) is 8.58. The number of aromatic nitrogens is 2. The summed E-state index contributed by atoms with van der Waals surface area (Å²) in [6.07, 6.45) is 4.84. The van der Waals surface area contributed by atoms with E-state index in [1.807, 2.05) is 25.1 Å². The van der Waals surface area contributed by atoms with E-state index in [4.69, 9.17) is 0 Å². The summed E-state index contributed by atoms with van der Waals surface area (Å²) < 4.78 is 1.66. The summed E-state index contributed by atoms with van der Waals surface area (Å²) in [5, 5.41) is 4.50. The Morgan fingerprint density at radius 2 is 1.78 bits per heavy atom. The van der Waals surface area contributed by atoms with Gasteiger partial charge in [0.15, 0.2) is 0 Å². The number of nitrogens with zero attached hydrogens (tertiary/aromatic N) is 3. The molecule has 1 aromatic heterocycles. The lowest BCUT2D eigenvalue weighted by Gasteiger charge is -2.28. The Hall–Kier alpha value is -1.94. The monoisotopic (exact) mass is 311 g/mol. The van der Waals surface area contributed by atoms with Crippen molar-refractivity contribution in [1.82, 2.24) is 14.7 Å². The molecule has 2 aromatic rings. The molecule has 122 valence electrons. The van der Waals surface area contributed by atoms with Gasteiger partial charge in [0.05, 0.1) is 11.7 Å². The molecule has 4 heteroatoms. The van der Waals surface area contributed by atoms with Gasteiger partial charge in [-0.25, -0.2) is 4.68 Å². The van der Waals surface area contributed by atoms with Gasteiger partial charge in [0.1, 0.15) is 0 Å². The fraction of sp³-hybridized carbons (Fsp3) is 0.474. The van der Waals surface area contributed by atoms with Crippen molar-refractivity contribution in [1.29, 1.82) is 0 Å². The van der Waals surface area contributed by atoms with Crippen molar-refractivity contribution in [3.05, 3.63) is 64.1 Å². The summed E-state index contributed by atoms with van der Waals surface area (Å²) in [5.74, 6) is 0. The molecule has 0 amide bonds. The number of hydrogen-bond acceptors (Lipinski definition) is 3. The van der Waals surface area contributed by atoms with Crippen molar-refractivity contribution in [3.8, 4) is 0 Å². The van der Waals surface area contributed by atoms with E-state index in [1.54, 1.807) is 16.8 Å². The van der Waals surface area contributed by atoms with Crippen LogP contribution in [0.25, 0.3) is 0 Å². The molecule has 0 spiro atoms. The Bertz CT molecular complexity index is 675. The van der Waals surface area contributed by atoms with E-state index in [9.17, 15) is 4.79 Å². The van der Waals surface area contributed by atoms with E-state index in [1.165, 1.54) is 32.4 Å². The van der Waals surface area contributed by atoms with Gasteiger partial charge in [0.2, 0.25) is 0 Å². The van der Waals surface area contributed by atoms with E-state index >= 15 is 0 Å². The lowest BCUT2D eigenvalue weighted by molar-refractivity contribution is 0.215. The number of hydrogen-bond donors (Lipinski definition) is 0. The van der Waals surface area contributed by atoms with Crippen molar-refractivity contribution < 1.29 is 0 Å². The standard InChI is InChI=1S/C19H25N3O/c1-16-10-11-19(23)22(20-16)18(17-8-4-2-5-9-17)12-15-21-13-6-3-7-14-21/h2,4-5,8-11,18H,3,6-7,12-15H2,1H3/t18-/m1/s1. The maximum Gasteiger partial charge on any atom is 0.267 e.